The number of fused-ring (bicyclic) bond motifs is 2. The third-order valence-corrected chi connectivity index (χ3v) is 8.68. The Morgan fingerprint density at radius 1 is 0.846 bits per heavy atom. The van der Waals surface area contributed by atoms with Crippen molar-refractivity contribution >= 4 is 17.3 Å². The van der Waals surface area contributed by atoms with Gasteiger partial charge in [0.2, 0.25) is 5.91 Å². The monoisotopic (exact) mass is 520 g/mol. The van der Waals surface area contributed by atoms with E-state index in [1.165, 1.54) is 33.4 Å². The third kappa shape index (κ3) is 5.87. The van der Waals surface area contributed by atoms with Gasteiger partial charge in [0.15, 0.2) is 5.78 Å². The molecule has 3 aromatic rings. The highest BCUT2D eigenvalue weighted by molar-refractivity contribution is 5.98. The Balaban J connectivity index is 1.06. The molecule has 3 heterocycles. The molecule has 0 radical (unpaired) electrons. The zero-order valence-electron chi connectivity index (χ0n) is 22.4. The van der Waals surface area contributed by atoms with Gasteiger partial charge in [-0.05, 0) is 103 Å². The molecule has 2 N–H and O–H groups in total. The number of piperidine rings is 1. The summed E-state index contributed by atoms with van der Waals surface area (Å²) >= 11 is 0. The number of carbonyl (C=O) groups is 2. The predicted molar refractivity (Wildman–Crippen MR) is 153 cm³/mol. The van der Waals surface area contributed by atoms with Gasteiger partial charge in [-0.25, -0.2) is 0 Å². The lowest BCUT2D eigenvalue weighted by Crippen LogP contribution is -2.33. The summed E-state index contributed by atoms with van der Waals surface area (Å²) in [5.41, 5.74) is 14.8. The average Bonchev–Trinajstić information content (AvgIpc) is 3.32. The number of nitrogens with two attached hydrogens (primary N) is 1. The lowest BCUT2D eigenvalue weighted by atomic mass is 9.88. The first-order valence-electron chi connectivity index (χ1n) is 14.1. The van der Waals surface area contributed by atoms with Crippen molar-refractivity contribution in [1.29, 1.82) is 0 Å². The molecule has 6 rings (SSSR count). The molecule has 1 fully saturated rings. The predicted octanol–water partition coefficient (Wildman–Crippen LogP) is 4.88. The number of ketones is 1. The van der Waals surface area contributed by atoms with E-state index in [2.05, 4.69) is 45.1 Å². The molecule has 2 aliphatic heterocycles. The Morgan fingerprint density at radius 3 is 2.28 bits per heavy atom. The van der Waals surface area contributed by atoms with Gasteiger partial charge < -0.3 is 5.73 Å². The van der Waals surface area contributed by atoms with Crippen LogP contribution in [0, 0.1) is 5.92 Å². The van der Waals surface area contributed by atoms with Crippen molar-refractivity contribution in [3.63, 3.8) is 0 Å². The fraction of sp³-hybridized carbons (Fsp3) is 0.364. The van der Waals surface area contributed by atoms with E-state index in [-0.39, 0.29) is 5.78 Å². The van der Waals surface area contributed by atoms with Crippen LogP contribution in [0.1, 0.15) is 68.7 Å². The zero-order valence-corrected chi connectivity index (χ0v) is 22.4. The molecule has 0 bridgehead atoms. The van der Waals surface area contributed by atoms with Gasteiger partial charge in [-0.1, -0.05) is 29.8 Å². The Hall–Kier alpha value is -3.61. The molecule has 0 atom stereocenters. The molecule has 0 spiro atoms. The summed E-state index contributed by atoms with van der Waals surface area (Å²) in [7, 11) is 0. The van der Waals surface area contributed by atoms with Gasteiger partial charge >= 0.3 is 0 Å². The van der Waals surface area contributed by atoms with E-state index in [1.54, 1.807) is 12.1 Å². The summed E-state index contributed by atoms with van der Waals surface area (Å²) in [4.78, 5) is 33.8. The Kier molecular flexibility index (Phi) is 7.40. The topological polar surface area (TPSA) is 79.5 Å². The van der Waals surface area contributed by atoms with Gasteiger partial charge in [0, 0.05) is 56.1 Å². The minimum Gasteiger partial charge on any atom is -0.366 e. The summed E-state index contributed by atoms with van der Waals surface area (Å²) in [6.45, 7) is 5.80. The fourth-order valence-electron chi connectivity index (χ4n) is 6.39. The summed E-state index contributed by atoms with van der Waals surface area (Å²) < 4.78 is 0. The van der Waals surface area contributed by atoms with Gasteiger partial charge in [-0.15, -0.1) is 0 Å². The number of likely N-dealkylation sites (tertiary alicyclic amines) is 1. The highest BCUT2D eigenvalue weighted by atomic mass is 16.1. The molecule has 6 heteroatoms. The van der Waals surface area contributed by atoms with E-state index in [4.69, 9.17) is 5.73 Å². The second-order valence-corrected chi connectivity index (χ2v) is 11.4. The van der Waals surface area contributed by atoms with Crippen molar-refractivity contribution in [2.45, 2.75) is 45.2 Å². The summed E-state index contributed by atoms with van der Waals surface area (Å²) in [6, 6.07) is 18.2. The van der Waals surface area contributed by atoms with E-state index in [1.807, 2.05) is 24.5 Å². The van der Waals surface area contributed by atoms with E-state index >= 15 is 0 Å². The molecule has 3 aliphatic rings. The second kappa shape index (κ2) is 11.2. The van der Waals surface area contributed by atoms with Crippen LogP contribution >= 0.6 is 0 Å². The first-order valence-corrected chi connectivity index (χ1v) is 14.1. The van der Waals surface area contributed by atoms with Crippen LogP contribution in [0.15, 0.2) is 72.6 Å². The Labute approximate surface area is 230 Å². The van der Waals surface area contributed by atoms with Crippen LogP contribution in [0.3, 0.4) is 0 Å². The zero-order chi connectivity index (χ0) is 26.8. The van der Waals surface area contributed by atoms with Crippen LogP contribution in [0.4, 0.5) is 0 Å². The van der Waals surface area contributed by atoms with Crippen LogP contribution in [0.2, 0.25) is 0 Å². The van der Waals surface area contributed by atoms with Crippen LogP contribution < -0.4 is 5.73 Å². The molecular formula is C33H36N4O2. The number of amides is 1. The maximum Gasteiger partial charge on any atom is 0.248 e. The van der Waals surface area contributed by atoms with Crippen LogP contribution in [-0.2, 0) is 19.5 Å². The van der Waals surface area contributed by atoms with Crippen molar-refractivity contribution in [2.75, 3.05) is 26.2 Å². The molecule has 0 saturated carbocycles. The van der Waals surface area contributed by atoms with Crippen LogP contribution in [0.5, 0.6) is 0 Å². The first-order chi connectivity index (χ1) is 19.0. The average molecular weight is 521 g/mol. The number of primary amides is 1. The molecule has 1 aliphatic carbocycles. The van der Waals surface area contributed by atoms with Gasteiger partial charge in [0.1, 0.15) is 0 Å². The standard InChI is InChI=1S/C33H36N4O2/c34-33(39)26-3-1-24(2-4-26)21-37-16-11-28-18-27-5-6-29(19-30(27)31(28)22-37)32(38)17-23-9-14-36(15-10-23)20-25-7-12-35-13-8-25/h1-8,12-13,19,23H,9-11,14-18,20-22H2,(H2,34,39). The molecule has 1 aromatic heterocycles. The molecule has 6 nitrogen and oxygen atoms in total. The lowest BCUT2D eigenvalue weighted by Gasteiger charge is -2.31. The number of benzene rings is 2. The summed E-state index contributed by atoms with van der Waals surface area (Å²) in [5, 5.41) is 0. The number of hydrogen-bond donors (Lipinski definition) is 1. The molecule has 2 aromatic carbocycles. The van der Waals surface area contributed by atoms with E-state index < -0.39 is 5.91 Å². The fourth-order valence-corrected chi connectivity index (χ4v) is 6.39. The number of carbonyl (C=O) groups excluding carboxylic acids is 2. The maximum absolute atomic E-state index is 13.3. The van der Waals surface area contributed by atoms with Crippen LogP contribution in [-0.4, -0.2) is 52.7 Å². The minimum absolute atomic E-state index is 0.279. The van der Waals surface area contributed by atoms with E-state index in [0.717, 1.165) is 70.5 Å². The number of pyridine rings is 1. The van der Waals surface area contributed by atoms with E-state index in [9.17, 15) is 9.59 Å². The Bertz CT molecular complexity index is 1390. The normalized spacial score (nSPS) is 18.2. The SMILES string of the molecule is NC(=O)c1ccc(CN2CCC3=C(C2)c2cc(C(=O)CC4CCN(Cc5ccncc5)CC4)ccc2C3)cc1. The third-order valence-electron chi connectivity index (χ3n) is 8.68. The lowest BCUT2D eigenvalue weighted by molar-refractivity contribution is 0.0924. The number of hydrogen-bond acceptors (Lipinski definition) is 5. The molecule has 200 valence electrons. The number of aromatic nitrogens is 1. The van der Waals surface area contributed by atoms with Gasteiger partial charge in [-0.2, -0.15) is 0 Å². The molecule has 39 heavy (non-hydrogen) atoms. The molecular weight excluding hydrogens is 484 g/mol. The maximum atomic E-state index is 13.3. The highest BCUT2D eigenvalue weighted by Gasteiger charge is 2.28. The molecule has 1 amide bonds. The van der Waals surface area contributed by atoms with Gasteiger partial charge in [0.25, 0.3) is 0 Å². The minimum atomic E-state index is -0.395. The highest BCUT2D eigenvalue weighted by Crippen LogP contribution is 2.39. The van der Waals surface area contributed by atoms with E-state index in [0.29, 0.717) is 17.9 Å². The van der Waals surface area contributed by atoms with Crippen molar-refractivity contribution < 1.29 is 9.59 Å². The number of rotatable bonds is 8. The smallest absolute Gasteiger partial charge is 0.248 e. The van der Waals surface area contributed by atoms with Crippen molar-refractivity contribution in [3.8, 4) is 0 Å². The molecule has 1 saturated heterocycles. The molecule has 0 unspecified atom stereocenters. The second-order valence-electron chi connectivity index (χ2n) is 11.4. The van der Waals surface area contributed by atoms with Crippen molar-refractivity contribution in [3.05, 3.63) is 106 Å². The van der Waals surface area contributed by atoms with Crippen molar-refractivity contribution in [2.24, 2.45) is 11.7 Å². The first kappa shape index (κ1) is 25.7. The van der Waals surface area contributed by atoms with Gasteiger partial charge in [-0.3, -0.25) is 24.4 Å². The number of nitrogens with zero attached hydrogens (tertiary/aromatic N) is 3. The van der Waals surface area contributed by atoms with Gasteiger partial charge in [0.05, 0.1) is 0 Å². The summed E-state index contributed by atoms with van der Waals surface area (Å²) in [5.74, 6) is 0.343. The van der Waals surface area contributed by atoms with Crippen molar-refractivity contribution in [1.82, 2.24) is 14.8 Å². The number of Topliss-reactive ketones (excluding diaryl/α,β-unsaturated/α-hetero) is 1. The Morgan fingerprint density at radius 2 is 1.54 bits per heavy atom. The largest absolute Gasteiger partial charge is 0.366 e. The quantitative estimate of drug-likeness (QED) is 0.428. The summed E-state index contributed by atoms with van der Waals surface area (Å²) in [6.07, 6.45) is 8.57. The van der Waals surface area contributed by atoms with Crippen LogP contribution in [0.25, 0.3) is 5.57 Å².